The summed E-state index contributed by atoms with van der Waals surface area (Å²) >= 11 is 3.50. The Bertz CT molecular complexity index is 1030. The van der Waals surface area contributed by atoms with Gasteiger partial charge in [0.15, 0.2) is 11.5 Å². The minimum Gasteiger partial charge on any atom is -0.493 e. The lowest BCUT2D eigenvalue weighted by molar-refractivity contribution is 0.356. The number of nitrogens with one attached hydrogen (secondary N) is 3. The maximum atomic E-state index is 5.45. The highest BCUT2D eigenvalue weighted by Crippen LogP contribution is 2.45. The molecule has 0 unspecified atom stereocenters. The summed E-state index contributed by atoms with van der Waals surface area (Å²) < 4.78 is 11.9. The number of hydrogen-bond donors (Lipinski definition) is 3. The Morgan fingerprint density at radius 3 is 2.36 bits per heavy atom. The molecule has 6 heteroatoms. The monoisotopic (exact) mass is 399 g/mol. The maximum absolute atomic E-state index is 5.45. The molecule has 2 aliphatic rings. The zero-order valence-corrected chi connectivity index (χ0v) is 15.7. The van der Waals surface area contributed by atoms with Gasteiger partial charge in [-0.1, -0.05) is 22.0 Å². The summed E-state index contributed by atoms with van der Waals surface area (Å²) in [4.78, 5) is 0. The molecule has 1 aliphatic carbocycles. The van der Waals surface area contributed by atoms with Gasteiger partial charge < -0.3 is 14.8 Å². The predicted octanol–water partition coefficient (Wildman–Crippen LogP) is 5.43. The fraction of sp³-hybridized carbons (Fsp3) is 0.158. The molecule has 5 nitrogen and oxygen atoms in total. The standard InChI is InChI=1S/C19H18BrN3O2/c1-10-13-8-15(24-2)16(25-3)9-14(13)18-17(10)19(23-22-18)21-12-6-4-5-11(20)7-12/h4-9,21-23H,1-3H3. The molecule has 2 aromatic rings. The van der Waals surface area contributed by atoms with Crippen LogP contribution in [0.15, 0.2) is 40.9 Å². The number of benzene rings is 2. The number of rotatable bonds is 4. The van der Waals surface area contributed by atoms with Crippen LogP contribution in [0.5, 0.6) is 11.5 Å². The number of anilines is 2. The molecule has 128 valence electrons. The number of halogens is 1. The van der Waals surface area contributed by atoms with Gasteiger partial charge in [-0.25, -0.2) is 0 Å². The third-order valence-electron chi connectivity index (χ3n) is 4.48. The van der Waals surface area contributed by atoms with E-state index in [0.29, 0.717) is 0 Å². The molecule has 0 fully saturated rings. The van der Waals surface area contributed by atoms with Gasteiger partial charge in [-0.05, 0) is 48.2 Å². The van der Waals surface area contributed by atoms with Crippen molar-refractivity contribution < 1.29 is 9.47 Å². The van der Waals surface area contributed by atoms with Crippen LogP contribution in [0.4, 0.5) is 11.5 Å². The normalized spacial score (nSPS) is 11.2. The van der Waals surface area contributed by atoms with Crippen LogP contribution in [0.1, 0.15) is 5.56 Å². The largest absolute Gasteiger partial charge is 0.493 e. The first-order valence-corrected chi connectivity index (χ1v) is 8.68. The first kappa shape index (κ1) is 15.9. The first-order valence-electron chi connectivity index (χ1n) is 7.89. The topological polar surface area (TPSA) is 62.1 Å². The van der Waals surface area contributed by atoms with Crippen LogP contribution in [-0.2, 0) is 0 Å². The number of aromatic amines is 2. The van der Waals surface area contributed by atoms with Crippen LogP contribution < -0.4 is 14.8 Å². The summed E-state index contributed by atoms with van der Waals surface area (Å²) in [6, 6.07) is 12.1. The van der Waals surface area contributed by atoms with E-state index in [-0.39, 0.29) is 0 Å². The second-order valence-electron chi connectivity index (χ2n) is 5.89. The number of ether oxygens (including phenoxy) is 2. The Morgan fingerprint density at radius 2 is 1.68 bits per heavy atom. The summed E-state index contributed by atoms with van der Waals surface area (Å²) in [5.41, 5.74) is 4.36. The SMILES string of the molecule is COc1cc2c3[nH][nH]c(Nc4cccc(Br)c4)c-3c(C)c2cc1OC. The predicted molar refractivity (Wildman–Crippen MR) is 105 cm³/mol. The van der Waals surface area contributed by atoms with Gasteiger partial charge in [0, 0.05) is 21.1 Å². The molecule has 1 aliphatic heterocycles. The summed E-state index contributed by atoms with van der Waals surface area (Å²) in [6.07, 6.45) is 0. The van der Waals surface area contributed by atoms with E-state index in [1.807, 2.05) is 36.4 Å². The average Bonchev–Trinajstić information content (AvgIpc) is 3.14. The zero-order chi connectivity index (χ0) is 17.6. The highest BCUT2D eigenvalue weighted by atomic mass is 79.9. The van der Waals surface area contributed by atoms with Crippen molar-refractivity contribution in [2.75, 3.05) is 19.5 Å². The molecule has 0 saturated carbocycles. The van der Waals surface area contributed by atoms with Crippen LogP contribution in [0.3, 0.4) is 0 Å². The quantitative estimate of drug-likeness (QED) is 0.428. The van der Waals surface area contributed by atoms with Crippen molar-refractivity contribution in [2.24, 2.45) is 0 Å². The Balaban J connectivity index is 1.86. The Morgan fingerprint density at radius 1 is 0.960 bits per heavy atom. The fourth-order valence-corrected chi connectivity index (χ4v) is 3.69. The number of aromatic nitrogens is 2. The number of hydrogen-bond acceptors (Lipinski definition) is 3. The van der Waals surface area contributed by atoms with Crippen LogP contribution in [0.25, 0.3) is 22.0 Å². The third kappa shape index (κ3) is 2.53. The Labute approximate surface area is 153 Å². The van der Waals surface area contributed by atoms with Crippen molar-refractivity contribution in [3.05, 3.63) is 46.4 Å². The van der Waals surface area contributed by atoms with E-state index >= 15 is 0 Å². The van der Waals surface area contributed by atoms with E-state index in [2.05, 4.69) is 38.4 Å². The molecular formula is C19H18BrN3O2. The first-order chi connectivity index (χ1) is 12.1. The Hall–Kier alpha value is -2.60. The molecule has 3 N–H and O–H groups in total. The van der Waals surface area contributed by atoms with Gasteiger partial charge in [0.05, 0.1) is 19.9 Å². The lowest BCUT2D eigenvalue weighted by Crippen LogP contribution is -1.92. The van der Waals surface area contributed by atoms with Gasteiger partial charge in [-0.15, -0.1) is 0 Å². The number of H-pyrrole nitrogens is 2. The van der Waals surface area contributed by atoms with E-state index in [1.165, 1.54) is 5.56 Å². The van der Waals surface area contributed by atoms with E-state index < -0.39 is 0 Å². The van der Waals surface area contributed by atoms with Crippen LogP contribution in [-0.4, -0.2) is 24.4 Å². The molecule has 2 aromatic carbocycles. The molecule has 4 rings (SSSR count). The molecule has 25 heavy (non-hydrogen) atoms. The molecule has 0 bridgehead atoms. The van der Waals surface area contributed by atoms with Crippen molar-refractivity contribution in [1.29, 1.82) is 0 Å². The van der Waals surface area contributed by atoms with E-state index in [0.717, 1.165) is 49.5 Å². The van der Waals surface area contributed by atoms with E-state index in [9.17, 15) is 0 Å². The van der Waals surface area contributed by atoms with Crippen molar-refractivity contribution in [3.8, 4) is 22.8 Å². The van der Waals surface area contributed by atoms with Crippen LogP contribution in [0.2, 0.25) is 0 Å². The lowest BCUT2D eigenvalue weighted by atomic mass is 10.1. The van der Waals surface area contributed by atoms with Gasteiger partial charge in [0.25, 0.3) is 0 Å². The molecule has 0 aromatic heterocycles. The van der Waals surface area contributed by atoms with Crippen LogP contribution >= 0.6 is 15.9 Å². The minimum absolute atomic E-state index is 0.720. The van der Waals surface area contributed by atoms with E-state index in [4.69, 9.17) is 9.47 Å². The molecule has 0 atom stereocenters. The second-order valence-corrected chi connectivity index (χ2v) is 6.80. The van der Waals surface area contributed by atoms with Gasteiger partial charge in [0.2, 0.25) is 0 Å². The zero-order valence-electron chi connectivity index (χ0n) is 14.2. The third-order valence-corrected chi connectivity index (χ3v) is 4.97. The number of methoxy groups -OCH3 is 2. The summed E-state index contributed by atoms with van der Waals surface area (Å²) in [7, 11) is 3.31. The summed E-state index contributed by atoms with van der Waals surface area (Å²) in [6.45, 7) is 2.12. The van der Waals surface area contributed by atoms with Crippen molar-refractivity contribution in [1.82, 2.24) is 10.2 Å². The molecule has 0 radical (unpaired) electrons. The summed E-state index contributed by atoms with van der Waals surface area (Å²) in [5.74, 6) is 2.38. The van der Waals surface area contributed by atoms with E-state index in [1.54, 1.807) is 14.2 Å². The molecule has 0 spiro atoms. The minimum atomic E-state index is 0.720. The fourth-order valence-electron chi connectivity index (χ4n) is 3.29. The molecular weight excluding hydrogens is 382 g/mol. The van der Waals surface area contributed by atoms with Gasteiger partial charge in [-0.2, -0.15) is 0 Å². The molecule has 1 heterocycles. The lowest BCUT2D eigenvalue weighted by Gasteiger charge is -2.08. The number of aryl methyl sites for hydroxylation is 1. The van der Waals surface area contributed by atoms with Gasteiger partial charge in [0.1, 0.15) is 5.82 Å². The summed E-state index contributed by atoms with van der Waals surface area (Å²) in [5, 5.41) is 12.2. The van der Waals surface area contributed by atoms with Crippen molar-refractivity contribution >= 4 is 38.2 Å². The highest BCUT2D eigenvalue weighted by Gasteiger charge is 2.23. The molecule has 0 amide bonds. The van der Waals surface area contributed by atoms with Crippen molar-refractivity contribution in [2.45, 2.75) is 6.92 Å². The highest BCUT2D eigenvalue weighted by molar-refractivity contribution is 9.10. The smallest absolute Gasteiger partial charge is 0.161 e. The van der Waals surface area contributed by atoms with Crippen molar-refractivity contribution in [3.63, 3.8) is 0 Å². The van der Waals surface area contributed by atoms with Gasteiger partial charge >= 0.3 is 0 Å². The molecule has 0 saturated heterocycles. The Kier molecular flexibility index (Phi) is 3.84. The maximum Gasteiger partial charge on any atom is 0.161 e. The van der Waals surface area contributed by atoms with Gasteiger partial charge in [-0.3, -0.25) is 10.2 Å². The number of fused-ring (bicyclic) bond motifs is 3. The average molecular weight is 400 g/mol. The van der Waals surface area contributed by atoms with Crippen LogP contribution in [0, 0.1) is 6.92 Å². The second kappa shape index (κ2) is 6.04.